The van der Waals surface area contributed by atoms with Crippen LogP contribution in [0.15, 0.2) is 48.8 Å². The monoisotopic (exact) mass is 256 g/mol. The number of rotatable bonds is 5. The number of benzene rings is 1. The molecule has 0 radical (unpaired) electrons. The lowest BCUT2D eigenvalue weighted by Gasteiger charge is -2.07. The first kappa shape index (κ1) is 13.1. The smallest absolute Gasteiger partial charge is 0.262 e. The Morgan fingerprint density at radius 2 is 2.05 bits per heavy atom. The molecule has 1 N–H and O–H groups in total. The molecule has 1 amide bonds. The van der Waals surface area contributed by atoms with Crippen molar-refractivity contribution in [1.29, 1.82) is 0 Å². The molecule has 0 saturated heterocycles. The number of nitrogens with one attached hydrogen (secondary N) is 1. The number of amides is 1. The number of aromatic nitrogens is 1. The molecule has 1 aromatic heterocycles. The van der Waals surface area contributed by atoms with Crippen LogP contribution in [0.2, 0.25) is 0 Å². The zero-order chi connectivity index (χ0) is 13.5. The number of anilines is 1. The van der Waals surface area contributed by atoms with Gasteiger partial charge in [0.1, 0.15) is 5.75 Å². The molecule has 2 aromatic rings. The van der Waals surface area contributed by atoms with Gasteiger partial charge in [0, 0.05) is 11.9 Å². The third kappa shape index (κ3) is 4.10. The second-order valence-corrected chi connectivity index (χ2v) is 4.08. The van der Waals surface area contributed by atoms with Crippen molar-refractivity contribution in [3.63, 3.8) is 0 Å². The first-order valence-electron chi connectivity index (χ1n) is 6.19. The number of hydrogen-bond acceptors (Lipinski definition) is 3. The summed E-state index contributed by atoms with van der Waals surface area (Å²) in [5, 5.41) is 2.78. The molecule has 0 unspecified atom stereocenters. The lowest BCUT2D eigenvalue weighted by atomic mass is 10.1. The number of hydrogen-bond donors (Lipinski definition) is 1. The number of carbonyl (C=O) groups excluding carboxylic acids is 1. The van der Waals surface area contributed by atoms with Gasteiger partial charge in [0.2, 0.25) is 0 Å². The Bertz CT molecular complexity index is 524. The summed E-state index contributed by atoms with van der Waals surface area (Å²) in [5.41, 5.74) is 2.02. The predicted molar refractivity (Wildman–Crippen MR) is 74.2 cm³/mol. The lowest BCUT2D eigenvalue weighted by molar-refractivity contribution is -0.118. The molecule has 4 heteroatoms. The van der Waals surface area contributed by atoms with Crippen molar-refractivity contribution in [3.8, 4) is 5.75 Å². The quantitative estimate of drug-likeness (QED) is 0.894. The Balaban J connectivity index is 1.83. The SMILES string of the molecule is CCc1ccc(NC(=O)COc2cccnc2)cc1. The molecular weight excluding hydrogens is 240 g/mol. The second-order valence-electron chi connectivity index (χ2n) is 4.08. The van der Waals surface area contributed by atoms with E-state index in [9.17, 15) is 4.79 Å². The molecule has 0 spiro atoms. The van der Waals surface area contributed by atoms with E-state index in [1.54, 1.807) is 24.5 Å². The van der Waals surface area contributed by atoms with Crippen LogP contribution in [0, 0.1) is 0 Å². The van der Waals surface area contributed by atoms with Crippen LogP contribution in [-0.2, 0) is 11.2 Å². The zero-order valence-corrected chi connectivity index (χ0v) is 10.8. The van der Waals surface area contributed by atoms with E-state index in [0.717, 1.165) is 12.1 Å². The first-order valence-corrected chi connectivity index (χ1v) is 6.19. The van der Waals surface area contributed by atoms with Gasteiger partial charge >= 0.3 is 0 Å². The number of aryl methyl sites for hydroxylation is 1. The summed E-state index contributed by atoms with van der Waals surface area (Å²) in [7, 11) is 0. The minimum Gasteiger partial charge on any atom is -0.482 e. The molecule has 98 valence electrons. The van der Waals surface area contributed by atoms with Crippen LogP contribution in [0.4, 0.5) is 5.69 Å². The van der Waals surface area contributed by atoms with Gasteiger partial charge in [-0.05, 0) is 36.2 Å². The summed E-state index contributed by atoms with van der Waals surface area (Å²) >= 11 is 0. The van der Waals surface area contributed by atoms with E-state index in [1.165, 1.54) is 5.56 Å². The van der Waals surface area contributed by atoms with Crippen LogP contribution < -0.4 is 10.1 Å². The van der Waals surface area contributed by atoms with Crippen LogP contribution in [0.1, 0.15) is 12.5 Å². The lowest BCUT2D eigenvalue weighted by Crippen LogP contribution is -2.20. The van der Waals surface area contributed by atoms with Gasteiger partial charge in [-0.3, -0.25) is 9.78 Å². The molecule has 0 saturated carbocycles. The topological polar surface area (TPSA) is 51.2 Å². The van der Waals surface area contributed by atoms with E-state index in [4.69, 9.17) is 4.74 Å². The average molecular weight is 256 g/mol. The van der Waals surface area contributed by atoms with E-state index in [-0.39, 0.29) is 12.5 Å². The van der Waals surface area contributed by atoms with E-state index in [0.29, 0.717) is 5.75 Å². The van der Waals surface area contributed by atoms with Gasteiger partial charge in [-0.1, -0.05) is 19.1 Å². The van der Waals surface area contributed by atoms with E-state index < -0.39 is 0 Å². The fourth-order valence-corrected chi connectivity index (χ4v) is 1.60. The molecule has 0 aliphatic rings. The summed E-state index contributed by atoms with van der Waals surface area (Å²) in [4.78, 5) is 15.6. The molecule has 1 aromatic carbocycles. The highest BCUT2D eigenvalue weighted by Crippen LogP contribution is 2.10. The molecule has 0 atom stereocenters. The number of pyridine rings is 1. The van der Waals surface area contributed by atoms with Crippen LogP contribution in [0.3, 0.4) is 0 Å². The highest BCUT2D eigenvalue weighted by atomic mass is 16.5. The fourth-order valence-electron chi connectivity index (χ4n) is 1.60. The highest BCUT2D eigenvalue weighted by molar-refractivity contribution is 5.91. The Labute approximate surface area is 112 Å². The maximum Gasteiger partial charge on any atom is 0.262 e. The van der Waals surface area contributed by atoms with Gasteiger partial charge < -0.3 is 10.1 Å². The van der Waals surface area contributed by atoms with Crippen molar-refractivity contribution in [3.05, 3.63) is 54.4 Å². The van der Waals surface area contributed by atoms with E-state index in [2.05, 4.69) is 17.2 Å². The van der Waals surface area contributed by atoms with Gasteiger partial charge in [-0.15, -0.1) is 0 Å². The Kier molecular flexibility index (Phi) is 4.50. The largest absolute Gasteiger partial charge is 0.482 e. The predicted octanol–water partition coefficient (Wildman–Crippen LogP) is 2.66. The number of nitrogens with zero attached hydrogens (tertiary/aromatic N) is 1. The number of ether oxygens (including phenoxy) is 1. The van der Waals surface area contributed by atoms with E-state index >= 15 is 0 Å². The van der Waals surface area contributed by atoms with E-state index in [1.807, 2.05) is 24.3 Å². The average Bonchev–Trinajstić information content (AvgIpc) is 2.47. The maximum absolute atomic E-state index is 11.7. The van der Waals surface area contributed by atoms with Crippen molar-refractivity contribution in [2.45, 2.75) is 13.3 Å². The third-order valence-electron chi connectivity index (χ3n) is 2.65. The standard InChI is InChI=1S/C15H16N2O2/c1-2-12-5-7-13(8-6-12)17-15(18)11-19-14-4-3-9-16-10-14/h3-10H,2,11H2,1H3,(H,17,18). The molecule has 4 nitrogen and oxygen atoms in total. The van der Waals surface area contributed by atoms with Gasteiger partial charge in [0.15, 0.2) is 6.61 Å². The maximum atomic E-state index is 11.7. The molecule has 19 heavy (non-hydrogen) atoms. The summed E-state index contributed by atoms with van der Waals surface area (Å²) in [6, 6.07) is 11.3. The van der Waals surface area contributed by atoms with Crippen molar-refractivity contribution < 1.29 is 9.53 Å². The molecule has 0 bridgehead atoms. The van der Waals surface area contributed by atoms with Crippen molar-refractivity contribution in [2.24, 2.45) is 0 Å². The normalized spacial score (nSPS) is 9.95. The van der Waals surface area contributed by atoms with Crippen LogP contribution in [0.25, 0.3) is 0 Å². The van der Waals surface area contributed by atoms with Gasteiger partial charge in [0.25, 0.3) is 5.91 Å². The molecule has 0 aliphatic heterocycles. The molecule has 2 rings (SSSR count). The van der Waals surface area contributed by atoms with Gasteiger partial charge in [0.05, 0.1) is 6.20 Å². The minimum atomic E-state index is -0.187. The van der Waals surface area contributed by atoms with Gasteiger partial charge in [-0.2, -0.15) is 0 Å². The molecule has 0 fully saturated rings. The number of carbonyl (C=O) groups is 1. The van der Waals surface area contributed by atoms with Crippen LogP contribution in [-0.4, -0.2) is 17.5 Å². The highest BCUT2D eigenvalue weighted by Gasteiger charge is 2.03. The Morgan fingerprint density at radius 1 is 1.26 bits per heavy atom. The molecule has 1 heterocycles. The van der Waals surface area contributed by atoms with Crippen LogP contribution in [0.5, 0.6) is 5.75 Å². The molecular formula is C15H16N2O2. The van der Waals surface area contributed by atoms with Crippen LogP contribution >= 0.6 is 0 Å². The third-order valence-corrected chi connectivity index (χ3v) is 2.65. The Morgan fingerprint density at radius 3 is 2.68 bits per heavy atom. The fraction of sp³-hybridized carbons (Fsp3) is 0.200. The second kappa shape index (κ2) is 6.54. The summed E-state index contributed by atoms with van der Waals surface area (Å²) in [5.74, 6) is 0.395. The summed E-state index contributed by atoms with van der Waals surface area (Å²) in [6.07, 6.45) is 4.21. The Hall–Kier alpha value is -2.36. The summed E-state index contributed by atoms with van der Waals surface area (Å²) < 4.78 is 5.31. The van der Waals surface area contributed by atoms with Gasteiger partial charge in [-0.25, -0.2) is 0 Å². The minimum absolute atomic E-state index is 0.0266. The van der Waals surface area contributed by atoms with Crippen molar-refractivity contribution >= 4 is 11.6 Å². The first-order chi connectivity index (χ1) is 9.28. The zero-order valence-electron chi connectivity index (χ0n) is 10.8. The van der Waals surface area contributed by atoms with Crippen molar-refractivity contribution in [2.75, 3.05) is 11.9 Å². The summed E-state index contributed by atoms with van der Waals surface area (Å²) in [6.45, 7) is 2.07. The van der Waals surface area contributed by atoms with Crippen molar-refractivity contribution in [1.82, 2.24) is 4.98 Å². The molecule has 0 aliphatic carbocycles.